The van der Waals surface area contributed by atoms with Gasteiger partial charge in [0.2, 0.25) is 11.8 Å². The van der Waals surface area contributed by atoms with Crippen LogP contribution in [0.4, 0.5) is 8.78 Å². The van der Waals surface area contributed by atoms with Crippen LogP contribution in [0.5, 0.6) is 0 Å². The summed E-state index contributed by atoms with van der Waals surface area (Å²) in [6.45, 7) is 5.11. The molecule has 8 heteroatoms. The highest BCUT2D eigenvalue weighted by Gasteiger charge is 2.26. The number of rotatable bonds is 4. The van der Waals surface area contributed by atoms with Gasteiger partial charge in [0.25, 0.3) is 0 Å². The van der Waals surface area contributed by atoms with Gasteiger partial charge in [0.1, 0.15) is 11.6 Å². The summed E-state index contributed by atoms with van der Waals surface area (Å²) in [5.74, 6) is -2.01. The van der Waals surface area contributed by atoms with Crippen molar-refractivity contribution in [2.75, 3.05) is 19.6 Å². The Balaban J connectivity index is 0.00000288. The fraction of sp³-hybridized carbons (Fsp3) is 0.500. The number of carbonyl (C=O) groups is 2. The molecule has 1 aliphatic heterocycles. The van der Waals surface area contributed by atoms with E-state index in [4.69, 9.17) is 0 Å². The zero-order valence-corrected chi connectivity index (χ0v) is 14.5. The molecule has 2 unspecified atom stereocenters. The molecule has 0 saturated carbocycles. The van der Waals surface area contributed by atoms with Crippen molar-refractivity contribution in [1.82, 2.24) is 15.5 Å². The lowest BCUT2D eigenvalue weighted by Crippen LogP contribution is -2.51. The number of benzene rings is 1. The molecule has 5 nitrogen and oxygen atoms in total. The molecule has 0 aromatic heterocycles. The molecule has 2 N–H and O–H groups in total. The first-order chi connectivity index (χ1) is 10.9. The van der Waals surface area contributed by atoms with Gasteiger partial charge in [-0.25, -0.2) is 8.78 Å². The summed E-state index contributed by atoms with van der Waals surface area (Å²) in [4.78, 5) is 25.5. The fourth-order valence-electron chi connectivity index (χ4n) is 2.73. The fourth-order valence-corrected chi connectivity index (χ4v) is 2.73. The normalized spacial score (nSPS) is 18.5. The molecule has 0 aliphatic carbocycles. The standard InChI is InChI=1S/C16H21F2N3O2.ClH/c1-10-9-21(6-5-19-10)16(23)8-15(20-11(2)22)13-4-3-12(17)7-14(13)18;/h3-4,7,10,15,19H,5-6,8-9H2,1-2H3,(H,20,22);1H. The van der Waals surface area contributed by atoms with Crippen LogP contribution in [0, 0.1) is 11.6 Å². The van der Waals surface area contributed by atoms with Gasteiger partial charge in [-0.2, -0.15) is 0 Å². The Morgan fingerprint density at radius 3 is 2.71 bits per heavy atom. The number of amides is 2. The van der Waals surface area contributed by atoms with Gasteiger partial charge in [0.15, 0.2) is 0 Å². The number of piperazine rings is 1. The van der Waals surface area contributed by atoms with E-state index >= 15 is 0 Å². The highest BCUT2D eigenvalue weighted by molar-refractivity contribution is 5.85. The Kier molecular flexibility index (Phi) is 7.57. The molecule has 0 bridgehead atoms. The Morgan fingerprint density at radius 1 is 1.42 bits per heavy atom. The number of nitrogens with zero attached hydrogens (tertiary/aromatic N) is 1. The van der Waals surface area contributed by atoms with Gasteiger partial charge in [0, 0.05) is 44.2 Å². The van der Waals surface area contributed by atoms with E-state index in [1.165, 1.54) is 13.0 Å². The zero-order valence-electron chi connectivity index (χ0n) is 13.6. The van der Waals surface area contributed by atoms with Crippen molar-refractivity contribution in [3.05, 3.63) is 35.4 Å². The number of carbonyl (C=O) groups excluding carboxylic acids is 2. The Morgan fingerprint density at radius 2 is 2.12 bits per heavy atom. The van der Waals surface area contributed by atoms with Crippen molar-refractivity contribution in [1.29, 1.82) is 0 Å². The van der Waals surface area contributed by atoms with E-state index in [1.807, 2.05) is 6.92 Å². The third-order valence-electron chi connectivity index (χ3n) is 3.82. The van der Waals surface area contributed by atoms with Crippen LogP contribution in [-0.2, 0) is 9.59 Å². The van der Waals surface area contributed by atoms with E-state index in [-0.39, 0.29) is 42.2 Å². The average Bonchev–Trinajstić information content (AvgIpc) is 2.46. The second-order valence-corrected chi connectivity index (χ2v) is 5.82. The molecule has 2 atom stereocenters. The van der Waals surface area contributed by atoms with Crippen molar-refractivity contribution in [3.63, 3.8) is 0 Å². The zero-order chi connectivity index (χ0) is 17.0. The van der Waals surface area contributed by atoms with Gasteiger partial charge in [-0.1, -0.05) is 6.07 Å². The minimum Gasteiger partial charge on any atom is -0.349 e. The van der Waals surface area contributed by atoms with E-state index in [0.29, 0.717) is 19.6 Å². The first-order valence-electron chi connectivity index (χ1n) is 7.60. The molecule has 2 rings (SSSR count). The SMILES string of the molecule is CC(=O)NC(CC(=O)N1CCNC(C)C1)c1ccc(F)cc1F.Cl. The Hall–Kier alpha value is -1.73. The summed E-state index contributed by atoms with van der Waals surface area (Å²) >= 11 is 0. The maximum atomic E-state index is 14.0. The van der Waals surface area contributed by atoms with E-state index in [0.717, 1.165) is 12.1 Å². The summed E-state index contributed by atoms with van der Waals surface area (Å²) in [5.41, 5.74) is 0.109. The highest BCUT2D eigenvalue weighted by atomic mass is 35.5. The number of hydrogen-bond donors (Lipinski definition) is 2. The molecule has 1 heterocycles. The van der Waals surface area contributed by atoms with Gasteiger partial charge in [-0.3, -0.25) is 9.59 Å². The van der Waals surface area contributed by atoms with Crippen LogP contribution in [0.15, 0.2) is 18.2 Å². The van der Waals surface area contributed by atoms with Crippen LogP contribution in [0.3, 0.4) is 0 Å². The monoisotopic (exact) mass is 361 g/mol. The first-order valence-corrected chi connectivity index (χ1v) is 7.60. The lowest BCUT2D eigenvalue weighted by atomic mass is 10.0. The molecule has 2 amide bonds. The molecule has 1 aromatic carbocycles. The third-order valence-corrected chi connectivity index (χ3v) is 3.82. The van der Waals surface area contributed by atoms with E-state index < -0.39 is 17.7 Å². The van der Waals surface area contributed by atoms with Gasteiger partial charge in [-0.15, -0.1) is 12.4 Å². The van der Waals surface area contributed by atoms with Gasteiger partial charge >= 0.3 is 0 Å². The third kappa shape index (κ3) is 5.42. The molecular formula is C16H22ClF2N3O2. The molecule has 24 heavy (non-hydrogen) atoms. The maximum Gasteiger partial charge on any atom is 0.225 e. The van der Waals surface area contributed by atoms with Crippen LogP contribution in [0.2, 0.25) is 0 Å². The van der Waals surface area contributed by atoms with E-state index in [9.17, 15) is 18.4 Å². The maximum absolute atomic E-state index is 14.0. The van der Waals surface area contributed by atoms with E-state index in [1.54, 1.807) is 4.90 Å². The lowest BCUT2D eigenvalue weighted by molar-refractivity contribution is -0.133. The van der Waals surface area contributed by atoms with Crippen LogP contribution in [0.1, 0.15) is 31.9 Å². The summed E-state index contributed by atoms with van der Waals surface area (Å²) in [7, 11) is 0. The van der Waals surface area contributed by atoms with Crippen LogP contribution in [0.25, 0.3) is 0 Å². The van der Waals surface area contributed by atoms with Crippen molar-refractivity contribution in [2.45, 2.75) is 32.4 Å². The number of nitrogens with one attached hydrogen (secondary N) is 2. The van der Waals surface area contributed by atoms with Crippen LogP contribution in [-0.4, -0.2) is 42.4 Å². The van der Waals surface area contributed by atoms with Gasteiger partial charge < -0.3 is 15.5 Å². The predicted octanol–water partition coefficient (Wildman–Crippen LogP) is 1.77. The van der Waals surface area contributed by atoms with Crippen molar-refractivity contribution >= 4 is 24.2 Å². The molecule has 134 valence electrons. The largest absolute Gasteiger partial charge is 0.349 e. The topological polar surface area (TPSA) is 61.4 Å². The van der Waals surface area contributed by atoms with Crippen LogP contribution >= 0.6 is 12.4 Å². The predicted molar refractivity (Wildman–Crippen MR) is 88.8 cm³/mol. The molecule has 0 radical (unpaired) electrons. The first kappa shape index (κ1) is 20.3. The average molecular weight is 362 g/mol. The number of hydrogen-bond acceptors (Lipinski definition) is 3. The Labute approximate surface area is 146 Å². The highest BCUT2D eigenvalue weighted by Crippen LogP contribution is 2.22. The minimum atomic E-state index is -0.814. The van der Waals surface area contributed by atoms with Crippen LogP contribution < -0.4 is 10.6 Å². The summed E-state index contributed by atoms with van der Waals surface area (Å²) < 4.78 is 27.0. The summed E-state index contributed by atoms with van der Waals surface area (Å²) in [6.07, 6.45) is -0.0607. The summed E-state index contributed by atoms with van der Waals surface area (Å²) in [5, 5.41) is 5.81. The van der Waals surface area contributed by atoms with Gasteiger partial charge in [0.05, 0.1) is 12.5 Å². The van der Waals surface area contributed by atoms with Gasteiger partial charge in [-0.05, 0) is 13.0 Å². The van der Waals surface area contributed by atoms with E-state index in [2.05, 4.69) is 10.6 Å². The molecule has 1 saturated heterocycles. The second-order valence-electron chi connectivity index (χ2n) is 5.82. The van der Waals surface area contributed by atoms with Crippen molar-refractivity contribution in [2.24, 2.45) is 0 Å². The van der Waals surface area contributed by atoms with Crippen molar-refractivity contribution < 1.29 is 18.4 Å². The number of halogens is 3. The smallest absolute Gasteiger partial charge is 0.225 e. The lowest BCUT2D eigenvalue weighted by Gasteiger charge is -2.33. The van der Waals surface area contributed by atoms with Crippen molar-refractivity contribution in [3.8, 4) is 0 Å². The quantitative estimate of drug-likeness (QED) is 0.859. The molecular weight excluding hydrogens is 340 g/mol. The Bertz CT molecular complexity index is 601. The molecule has 1 aliphatic rings. The molecule has 0 spiro atoms. The second kappa shape index (κ2) is 8.94. The minimum absolute atomic E-state index is 0. The summed E-state index contributed by atoms with van der Waals surface area (Å²) in [6, 6.07) is 2.51. The molecule has 1 aromatic rings. The molecule has 1 fully saturated rings.